The minimum absolute atomic E-state index is 0.0306. The van der Waals surface area contributed by atoms with Gasteiger partial charge in [-0.25, -0.2) is 0 Å². The molecule has 2 atom stereocenters. The number of aliphatic hydroxyl groups excluding tert-OH is 1. The average molecular weight is 474 g/mol. The number of β-amino-alcohol motifs (C(OH)–C–C–N with tert-alkyl or cyclic N) is 1. The van der Waals surface area contributed by atoms with Gasteiger partial charge < -0.3 is 19.8 Å². The van der Waals surface area contributed by atoms with Crippen LogP contribution in [0.15, 0.2) is 28.8 Å². The Morgan fingerprint density at radius 1 is 1.39 bits per heavy atom. The number of likely N-dealkylation sites (tertiary alicyclic amines) is 1. The number of terminal acetylenes is 1. The second-order valence-electron chi connectivity index (χ2n) is 8.71. The minimum atomic E-state index is -0.396. The number of nitrogens with one attached hydrogen (secondary N) is 1. The lowest BCUT2D eigenvalue weighted by molar-refractivity contribution is -0.133. The molecule has 2 amide bonds. The smallest absolute Gasteiger partial charge is 0.233 e. The third-order valence-corrected chi connectivity index (χ3v) is 5.80. The summed E-state index contributed by atoms with van der Waals surface area (Å²) in [5.41, 5.74) is 2.47. The van der Waals surface area contributed by atoms with Crippen molar-refractivity contribution in [3.05, 3.63) is 51.9 Å². The summed E-state index contributed by atoms with van der Waals surface area (Å²) >= 11 is 5.89. The Kier molecular flexibility index (Phi) is 9.95. The molecule has 1 aromatic carbocycles. The van der Waals surface area contributed by atoms with Crippen LogP contribution in [0, 0.1) is 18.3 Å². The van der Waals surface area contributed by atoms with Gasteiger partial charge in [0.2, 0.25) is 12.3 Å². The number of benzene rings is 1. The summed E-state index contributed by atoms with van der Waals surface area (Å²) < 4.78 is 5.40. The molecule has 1 aromatic heterocycles. The number of hydrogen-bond donors (Lipinski definition) is 2. The van der Waals surface area contributed by atoms with Crippen LogP contribution in [0.5, 0.6) is 0 Å². The molecule has 2 N–H and O–H groups in total. The van der Waals surface area contributed by atoms with E-state index in [0.717, 1.165) is 16.8 Å². The van der Waals surface area contributed by atoms with E-state index in [-0.39, 0.29) is 23.7 Å². The predicted octanol–water partition coefficient (Wildman–Crippen LogP) is 3.70. The highest BCUT2D eigenvalue weighted by atomic mass is 35.5. The third kappa shape index (κ3) is 7.34. The Morgan fingerprint density at radius 3 is 2.61 bits per heavy atom. The van der Waals surface area contributed by atoms with Gasteiger partial charge in [0.25, 0.3) is 0 Å². The zero-order chi connectivity index (χ0) is 24.5. The molecule has 0 bridgehead atoms. The second kappa shape index (κ2) is 12.4. The summed E-state index contributed by atoms with van der Waals surface area (Å²) in [5.74, 6) is 3.24. The Morgan fingerprint density at radius 2 is 2.12 bits per heavy atom. The predicted molar refractivity (Wildman–Crippen MR) is 128 cm³/mol. The maximum atomic E-state index is 12.6. The normalized spacial score (nSPS) is 16.2. The van der Waals surface area contributed by atoms with Crippen LogP contribution in [0.1, 0.15) is 68.5 Å². The SMILES string of the molecule is C#Cc1ccc(CNC=O)c(Cl)c1.CC(C)c1cc(C(C(=O)N2CCC(O)C2)C(C)C)on1. The molecule has 1 aliphatic heterocycles. The number of halogens is 1. The van der Waals surface area contributed by atoms with E-state index in [1.165, 1.54) is 0 Å². The van der Waals surface area contributed by atoms with Crippen molar-refractivity contribution in [2.75, 3.05) is 13.1 Å². The van der Waals surface area contributed by atoms with Crippen molar-refractivity contribution in [3.8, 4) is 12.3 Å². The van der Waals surface area contributed by atoms with E-state index in [1.807, 2.05) is 33.8 Å². The fourth-order valence-electron chi connectivity index (χ4n) is 3.53. The lowest BCUT2D eigenvalue weighted by Crippen LogP contribution is -2.35. The van der Waals surface area contributed by atoms with Gasteiger partial charge in [-0.3, -0.25) is 9.59 Å². The molecule has 0 spiro atoms. The largest absolute Gasteiger partial charge is 0.391 e. The summed E-state index contributed by atoms with van der Waals surface area (Å²) in [6, 6.07) is 7.17. The van der Waals surface area contributed by atoms with E-state index in [2.05, 4.69) is 16.4 Å². The number of nitrogens with zero attached hydrogens (tertiary/aromatic N) is 2. The number of hydrogen-bond acceptors (Lipinski definition) is 5. The van der Waals surface area contributed by atoms with E-state index < -0.39 is 6.10 Å². The van der Waals surface area contributed by atoms with Crippen molar-refractivity contribution in [2.24, 2.45) is 5.92 Å². The van der Waals surface area contributed by atoms with Crippen LogP contribution in [-0.4, -0.2) is 46.7 Å². The molecule has 178 valence electrons. The molecule has 0 radical (unpaired) electrons. The third-order valence-electron chi connectivity index (χ3n) is 5.45. The molecule has 3 rings (SSSR count). The van der Waals surface area contributed by atoms with Crippen molar-refractivity contribution >= 4 is 23.9 Å². The minimum Gasteiger partial charge on any atom is -0.391 e. The first-order chi connectivity index (χ1) is 15.7. The van der Waals surface area contributed by atoms with Crippen LogP contribution >= 0.6 is 11.6 Å². The summed E-state index contributed by atoms with van der Waals surface area (Å²) in [7, 11) is 0. The Hall–Kier alpha value is -2.82. The van der Waals surface area contributed by atoms with Crippen molar-refractivity contribution in [3.63, 3.8) is 0 Å². The second-order valence-corrected chi connectivity index (χ2v) is 9.11. The Labute approximate surface area is 200 Å². The van der Waals surface area contributed by atoms with E-state index in [9.17, 15) is 14.7 Å². The number of carbonyl (C=O) groups excluding carboxylic acids is 2. The topological polar surface area (TPSA) is 95.7 Å². The molecule has 0 aliphatic carbocycles. The van der Waals surface area contributed by atoms with Gasteiger partial charge in [-0.2, -0.15) is 0 Å². The van der Waals surface area contributed by atoms with Crippen LogP contribution in [0.3, 0.4) is 0 Å². The summed E-state index contributed by atoms with van der Waals surface area (Å²) in [5, 5.41) is 16.7. The standard InChI is InChI=1S/C15H24N2O3.C10H8ClNO/c1-9(2)12-7-13(20-16-12)14(10(3)4)15(19)17-6-5-11(18)8-17;1-2-8-3-4-9(6-12-7-13)10(11)5-8/h7,9-11,14,18H,5-6,8H2,1-4H3;1,3-5,7H,6H2,(H,12,13). The Balaban J connectivity index is 0.000000257. The molecule has 2 unspecified atom stereocenters. The van der Waals surface area contributed by atoms with Crippen molar-refractivity contribution < 1.29 is 19.2 Å². The monoisotopic (exact) mass is 473 g/mol. The maximum Gasteiger partial charge on any atom is 0.233 e. The molecule has 1 saturated heterocycles. The fraction of sp³-hybridized carbons (Fsp3) is 0.480. The lowest BCUT2D eigenvalue weighted by atomic mass is 9.91. The molecule has 33 heavy (non-hydrogen) atoms. The van der Waals surface area contributed by atoms with E-state index in [1.54, 1.807) is 23.1 Å². The van der Waals surface area contributed by atoms with Crippen molar-refractivity contribution in [1.29, 1.82) is 0 Å². The number of aromatic nitrogens is 1. The van der Waals surface area contributed by atoms with Crippen LogP contribution in [-0.2, 0) is 16.1 Å². The fourth-order valence-corrected chi connectivity index (χ4v) is 3.78. The van der Waals surface area contributed by atoms with E-state index in [4.69, 9.17) is 22.5 Å². The quantitative estimate of drug-likeness (QED) is 0.472. The van der Waals surface area contributed by atoms with Crippen LogP contribution in [0.25, 0.3) is 0 Å². The summed E-state index contributed by atoms with van der Waals surface area (Å²) in [6.45, 7) is 9.57. The number of carbonyl (C=O) groups is 2. The first-order valence-corrected chi connectivity index (χ1v) is 11.4. The zero-order valence-corrected chi connectivity index (χ0v) is 20.3. The summed E-state index contributed by atoms with van der Waals surface area (Å²) in [6.07, 6.45) is 6.08. The zero-order valence-electron chi connectivity index (χ0n) is 19.5. The Bertz CT molecular complexity index is 980. The van der Waals surface area contributed by atoms with Gasteiger partial charge in [0.15, 0.2) is 0 Å². The molecule has 2 heterocycles. The van der Waals surface area contributed by atoms with E-state index in [0.29, 0.717) is 43.2 Å². The van der Waals surface area contributed by atoms with Gasteiger partial charge in [0, 0.05) is 36.3 Å². The highest BCUT2D eigenvalue weighted by Gasteiger charge is 2.35. The lowest BCUT2D eigenvalue weighted by Gasteiger charge is -2.23. The number of amides is 2. The maximum absolute atomic E-state index is 12.6. The highest BCUT2D eigenvalue weighted by molar-refractivity contribution is 6.31. The first-order valence-electron chi connectivity index (χ1n) is 11.0. The molecule has 8 heteroatoms. The molecule has 1 aliphatic rings. The van der Waals surface area contributed by atoms with Gasteiger partial charge in [-0.05, 0) is 36.0 Å². The molecular weight excluding hydrogens is 442 g/mol. The van der Waals surface area contributed by atoms with Gasteiger partial charge in [-0.1, -0.05) is 56.4 Å². The van der Waals surface area contributed by atoms with Crippen LogP contribution in [0.2, 0.25) is 5.02 Å². The molecule has 2 aromatic rings. The average Bonchev–Trinajstić information content (AvgIpc) is 3.43. The van der Waals surface area contributed by atoms with Crippen LogP contribution < -0.4 is 5.32 Å². The number of rotatable bonds is 7. The first kappa shape index (κ1) is 26.4. The molecular formula is C25H32ClN3O4. The molecule has 7 nitrogen and oxygen atoms in total. The van der Waals surface area contributed by atoms with Gasteiger partial charge in [0.1, 0.15) is 11.7 Å². The summed E-state index contributed by atoms with van der Waals surface area (Å²) in [4.78, 5) is 24.4. The van der Waals surface area contributed by atoms with Crippen molar-refractivity contribution in [1.82, 2.24) is 15.4 Å². The van der Waals surface area contributed by atoms with Crippen LogP contribution in [0.4, 0.5) is 0 Å². The van der Waals surface area contributed by atoms with Gasteiger partial charge in [0.05, 0.1) is 11.8 Å². The van der Waals surface area contributed by atoms with Crippen molar-refractivity contribution in [2.45, 2.75) is 58.6 Å². The van der Waals surface area contributed by atoms with Gasteiger partial charge >= 0.3 is 0 Å². The van der Waals surface area contributed by atoms with Gasteiger partial charge in [-0.15, -0.1) is 6.42 Å². The highest BCUT2D eigenvalue weighted by Crippen LogP contribution is 2.30. The van der Waals surface area contributed by atoms with E-state index >= 15 is 0 Å². The molecule has 0 saturated carbocycles. The molecule has 1 fully saturated rings. The number of aliphatic hydroxyl groups is 1.